The highest BCUT2D eigenvalue weighted by Crippen LogP contribution is 2.39. The zero-order chi connectivity index (χ0) is 20.0. The zero-order valence-corrected chi connectivity index (χ0v) is 15.4. The van der Waals surface area contributed by atoms with Crippen LogP contribution in [0.2, 0.25) is 0 Å². The normalized spacial score (nSPS) is 12.0. The Morgan fingerprint density at radius 1 is 0.759 bits per heavy atom. The van der Waals surface area contributed by atoms with E-state index in [1.54, 1.807) is 36.4 Å². The van der Waals surface area contributed by atoms with Crippen molar-refractivity contribution < 1.29 is 13.2 Å². The standard InChI is InChI=1S/C25H16F3N/c26-22-14-18(29-25(24(22)28)15-6-2-1-3-7-15)12-17-10-11-20-19-9-5-4-8-16(19)13-21(20)23(17)27/h1-11,14H,12-13H2. The number of hydrogen-bond acceptors (Lipinski definition) is 1. The van der Waals surface area contributed by atoms with Gasteiger partial charge in [-0.1, -0.05) is 66.7 Å². The lowest BCUT2D eigenvalue weighted by atomic mass is 9.99. The van der Waals surface area contributed by atoms with Crippen molar-refractivity contribution in [3.8, 4) is 22.4 Å². The second-order valence-corrected chi connectivity index (χ2v) is 7.20. The van der Waals surface area contributed by atoms with Crippen LogP contribution in [0.25, 0.3) is 22.4 Å². The number of halogens is 3. The molecule has 1 aromatic heterocycles. The number of rotatable bonds is 3. The molecule has 0 saturated carbocycles. The summed E-state index contributed by atoms with van der Waals surface area (Å²) >= 11 is 0. The van der Waals surface area contributed by atoms with E-state index in [0.29, 0.717) is 23.1 Å². The Morgan fingerprint density at radius 2 is 1.52 bits per heavy atom. The van der Waals surface area contributed by atoms with Gasteiger partial charge < -0.3 is 0 Å². The highest BCUT2D eigenvalue weighted by Gasteiger charge is 2.23. The highest BCUT2D eigenvalue weighted by molar-refractivity contribution is 5.77. The average molecular weight is 387 g/mol. The molecule has 0 bridgehead atoms. The van der Waals surface area contributed by atoms with Gasteiger partial charge in [0, 0.05) is 29.7 Å². The van der Waals surface area contributed by atoms with Crippen molar-refractivity contribution in [2.75, 3.05) is 0 Å². The summed E-state index contributed by atoms with van der Waals surface area (Å²) in [5.41, 5.74) is 4.82. The fourth-order valence-corrected chi connectivity index (χ4v) is 3.98. The lowest BCUT2D eigenvalue weighted by molar-refractivity contribution is 0.504. The lowest BCUT2D eigenvalue weighted by Crippen LogP contribution is -2.03. The van der Waals surface area contributed by atoms with Crippen LogP contribution >= 0.6 is 0 Å². The van der Waals surface area contributed by atoms with Gasteiger partial charge in [0.05, 0.1) is 0 Å². The molecule has 142 valence electrons. The summed E-state index contributed by atoms with van der Waals surface area (Å²) in [5, 5.41) is 0. The van der Waals surface area contributed by atoms with Gasteiger partial charge in [0.15, 0.2) is 11.6 Å². The van der Waals surface area contributed by atoms with Crippen molar-refractivity contribution in [2.45, 2.75) is 12.8 Å². The lowest BCUT2D eigenvalue weighted by Gasteiger charge is -2.10. The minimum absolute atomic E-state index is 0.0606. The van der Waals surface area contributed by atoms with Crippen molar-refractivity contribution in [2.24, 2.45) is 0 Å². The predicted molar refractivity (Wildman–Crippen MR) is 107 cm³/mol. The molecule has 0 radical (unpaired) electrons. The highest BCUT2D eigenvalue weighted by atomic mass is 19.2. The summed E-state index contributed by atoms with van der Waals surface area (Å²) in [5.74, 6) is -2.28. The maximum atomic E-state index is 15.2. The number of hydrogen-bond donors (Lipinski definition) is 0. The summed E-state index contributed by atoms with van der Waals surface area (Å²) in [6.45, 7) is 0. The second-order valence-electron chi connectivity index (χ2n) is 7.20. The third kappa shape index (κ3) is 3.01. The summed E-state index contributed by atoms with van der Waals surface area (Å²) in [4.78, 5) is 4.29. The third-order valence-corrected chi connectivity index (χ3v) is 5.38. The minimum Gasteiger partial charge on any atom is -0.249 e. The van der Waals surface area contributed by atoms with Crippen LogP contribution in [-0.2, 0) is 12.8 Å². The first-order valence-corrected chi connectivity index (χ1v) is 9.40. The van der Waals surface area contributed by atoms with Gasteiger partial charge in [-0.3, -0.25) is 0 Å². The van der Waals surface area contributed by atoms with Crippen LogP contribution in [0.15, 0.2) is 72.8 Å². The fourth-order valence-electron chi connectivity index (χ4n) is 3.98. The molecule has 4 aromatic rings. The first-order chi connectivity index (χ1) is 14.1. The third-order valence-electron chi connectivity index (χ3n) is 5.38. The first-order valence-electron chi connectivity index (χ1n) is 9.40. The van der Waals surface area contributed by atoms with Crippen molar-refractivity contribution >= 4 is 0 Å². The van der Waals surface area contributed by atoms with Gasteiger partial charge in [0.25, 0.3) is 0 Å². The summed E-state index contributed by atoms with van der Waals surface area (Å²) < 4.78 is 43.8. The maximum absolute atomic E-state index is 15.2. The number of benzene rings is 3. The van der Waals surface area contributed by atoms with Crippen molar-refractivity contribution in [3.05, 3.63) is 113 Å². The van der Waals surface area contributed by atoms with Gasteiger partial charge in [-0.2, -0.15) is 0 Å². The largest absolute Gasteiger partial charge is 0.249 e. The molecule has 1 nitrogen and oxygen atoms in total. The Balaban J connectivity index is 1.54. The Hall–Kier alpha value is -3.40. The fraction of sp³-hybridized carbons (Fsp3) is 0.0800. The van der Waals surface area contributed by atoms with E-state index in [0.717, 1.165) is 22.8 Å². The molecule has 0 fully saturated rings. The van der Waals surface area contributed by atoms with Gasteiger partial charge in [-0.05, 0) is 28.3 Å². The van der Waals surface area contributed by atoms with Crippen LogP contribution in [0.4, 0.5) is 13.2 Å². The maximum Gasteiger partial charge on any atom is 0.185 e. The molecular weight excluding hydrogens is 371 g/mol. The number of fused-ring (bicyclic) bond motifs is 3. The molecule has 29 heavy (non-hydrogen) atoms. The molecule has 0 aliphatic heterocycles. The zero-order valence-electron chi connectivity index (χ0n) is 15.4. The topological polar surface area (TPSA) is 12.9 Å². The van der Waals surface area contributed by atoms with Gasteiger partial charge in [0.1, 0.15) is 11.5 Å². The molecule has 0 amide bonds. The van der Waals surface area contributed by atoms with E-state index in [4.69, 9.17) is 0 Å². The summed E-state index contributed by atoms with van der Waals surface area (Å²) in [6.07, 6.45) is 0.623. The average Bonchev–Trinajstić information content (AvgIpc) is 3.13. The molecule has 1 heterocycles. The van der Waals surface area contributed by atoms with Gasteiger partial charge in [0.2, 0.25) is 0 Å². The molecule has 3 aromatic carbocycles. The summed E-state index contributed by atoms with van der Waals surface area (Å²) in [7, 11) is 0. The molecule has 4 heteroatoms. The Morgan fingerprint density at radius 3 is 2.34 bits per heavy atom. The van der Waals surface area contributed by atoms with Gasteiger partial charge in [-0.25, -0.2) is 18.2 Å². The van der Waals surface area contributed by atoms with Crippen molar-refractivity contribution in [3.63, 3.8) is 0 Å². The van der Waals surface area contributed by atoms with E-state index < -0.39 is 11.6 Å². The molecule has 1 aliphatic rings. The van der Waals surface area contributed by atoms with Gasteiger partial charge >= 0.3 is 0 Å². The SMILES string of the molecule is Fc1cc(Cc2ccc3c(c2F)Cc2ccccc2-3)nc(-c2ccccc2)c1F. The van der Waals surface area contributed by atoms with E-state index in [1.165, 1.54) is 0 Å². The molecular formula is C25H16F3N. The monoisotopic (exact) mass is 387 g/mol. The van der Waals surface area contributed by atoms with Gasteiger partial charge in [-0.15, -0.1) is 0 Å². The quantitative estimate of drug-likeness (QED) is 0.353. The Bertz CT molecular complexity index is 1230. The van der Waals surface area contributed by atoms with Crippen molar-refractivity contribution in [1.29, 1.82) is 0 Å². The second kappa shape index (κ2) is 6.89. The van der Waals surface area contributed by atoms with E-state index in [-0.39, 0.29) is 23.6 Å². The predicted octanol–water partition coefficient (Wildman–Crippen LogP) is 6.33. The van der Waals surface area contributed by atoms with E-state index >= 15 is 4.39 Å². The van der Waals surface area contributed by atoms with Crippen LogP contribution in [0.3, 0.4) is 0 Å². The molecule has 0 saturated heterocycles. The first kappa shape index (κ1) is 17.7. The molecule has 0 atom stereocenters. The molecule has 1 aliphatic carbocycles. The Labute approximate surface area is 166 Å². The summed E-state index contributed by atoms with van der Waals surface area (Å²) in [6, 6.07) is 21.1. The number of nitrogens with zero attached hydrogens (tertiary/aromatic N) is 1. The van der Waals surface area contributed by atoms with E-state index in [9.17, 15) is 8.78 Å². The molecule has 0 spiro atoms. The van der Waals surface area contributed by atoms with Crippen LogP contribution in [0.1, 0.15) is 22.4 Å². The Kier molecular flexibility index (Phi) is 4.20. The number of aromatic nitrogens is 1. The molecule has 0 unspecified atom stereocenters. The smallest absolute Gasteiger partial charge is 0.185 e. The van der Waals surface area contributed by atoms with E-state index in [1.807, 2.05) is 30.3 Å². The number of pyridine rings is 1. The van der Waals surface area contributed by atoms with Crippen molar-refractivity contribution in [1.82, 2.24) is 4.98 Å². The van der Waals surface area contributed by atoms with Crippen LogP contribution in [-0.4, -0.2) is 4.98 Å². The van der Waals surface area contributed by atoms with Crippen LogP contribution in [0.5, 0.6) is 0 Å². The molecule has 5 rings (SSSR count). The van der Waals surface area contributed by atoms with E-state index in [2.05, 4.69) is 4.98 Å². The van der Waals surface area contributed by atoms with Crippen LogP contribution in [0, 0.1) is 17.5 Å². The molecule has 0 N–H and O–H groups in total. The minimum atomic E-state index is -0.996. The van der Waals surface area contributed by atoms with Crippen LogP contribution < -0.4 is 0 Å².